The molecule has 0 spiro atoms. The lowest BCUT2D eigenvalue weighted by Gasteiger charge is -2.41. The quantitative estimate of drug-likeness (QED) is 0.0814. The van der Waals surface area contributed by atoms with E-state index in [2.05, 4.69) is 81.2 Å². The van der Waals surface area contributed by atoms with Gasteiger partial charge in [0, 0.05) is 0 Å². The van der Waals surface area contributed by atoms with Gasteiger partial charge in [0.05, 0.1) is 36.6 Å². The molecule has 6 heteroatoms. The highest BCUT2D eigenvalue weighted by Gasteiger charge is 2.46. The largest absolute Gasteiger partial charge is 0.411 e. The third kappa shape index (κ3) is 11.7. The number of rotatable bonds is 19. The van der Waals surface area contributed by atoms with Gasteiger partial charge in [-0.25, -0.2) is 0 Å². The van der Waals surface area contributed by atoms with Gasteiger partial charge in [0.15, 0.2) is 16.6 Å². The lowest BCUT2D eigenvalue weighted by Crippen LogP contribution is -2.47. The van der Waals surface area contributed by atoms with Gasteiger partial charge in [-0.1, -0.05) is 106 Å². The number of allylic oxidation sites excluding steroid dienone is 1. The van der Waals surface area contributed by atoms with Crippen molar-refractivity contribution in [3.8, 4) is 0 Å². The number of ether oxygens (including phenoxy) is 2. The fourth-order valence-corrected chi connectivity index (χ4v) is 8.75. The molecule has 2 aliphatic rings. The third-order valence-corrected chi connectivity index (χ3v) is 19.9. The maximum Gasteiger partial charge on any atom is 0.192 e. The average Bonchev–Trinajstić information content (AvgIpc) is 3.56. The maximum atomic E-state index is 7.10. The zero-order valence-electron chi connectivity index (χ0n) is 30.0. The Morgan fingerprint density at radius 1 is 0.667 bits per heavy atom. The molecular weight excluding hydrogens is 553 g/mol. The van der Waals surface area contributed by atoms with E-state index in [0.29, 0.717) is 0 Å². The van der Waals surface area contributed by atoms with E-state index >= 15 is 0 Å². The van der Waals surface area contributed by atoms with Crippen molar-refractivity contribution < 1.29 is 18.3 Å². The van der Waals surface area contributed by atoms with Crippen LogP contribution in [0, 0.1) is 0 Å². The minimum atomic E-state index is -1.89. The second kappa shape index (κ2) is 17.1. The Hall–Kier alpha value is 0.0138. The van der Waals surface area contributed by atoms with Crippen molar-refractivity contribution in [3.05, 3.63) is 12.7 Å². The van der Waals surface area contributed by atoms with Gasteiger partial charge >= 0.3 is 0 Å². The fraction of sp³-hybridized carbons (Fsp3) is 0.944. The van der Waals surface area contributed by atoms with E-state index in [1.807, 2.05) is 6.08 Å². The van der Waals surface area contributed by atoms with Gasteiger partial charge < -0.3 is 18.3 Å². The van der Waals surface area contributed by atoms with Crippen molar-refractivity contribution in [2.75, 3.05) is 0 Å². The molecule has 6 atom stereocenters. The first-order chi connectivity index (χ1) is 19.5. The van der Waals surface area contributed by atoms with Crippen LogP contribution in [0.4, 0.5) is 0 Å². The van der Waals surface area contributed by atoms with Crippen molar-refractivity contribution in [2.24, 2.45) is 0 Å². The zero-order chi connectivity index (χ0) is 31.6. The van der Waals surface area contributed by atoms with Crippen LogP contribution in [0.25, 0.3) is 0 Å². The Bertz CT molecular complexity index is 769. The summed E-state index contributed by atoms with van der Waals surface area (Å²) in [5.74, 6) is 0. The Morgan fingerprint density at radius 2 is 1.07 bits per heavy atom. The van der Waals surface area contributed by atoms with Crippen LogP contribution >= 0.6 is 0 Å². The van der Waals surface area contributed by atoms with Crippen LogP contribution in [-0.4, -0.2) is 53.3 Å². The van der Waals surface area contributed by atoms with Crippen LogP contribution in [0.5, 0.6) is 0 Å². The molecule has 0 unspecified atom stereocenters. The molecule has 2 aliphatic heterocycles. The Kier molecular flexibility index (Phi) is 15.5. The molecule has 0 radical (unpaired) electrons. The molecule has 2 heterocycles. The lowest BCUT2D eigenvalue weighted by atomic mass is 10.0. The first kappa shape index (κ1) is 38.2. The summed E-state index contributed by atoms with van der Waals surface area (Å²) in [6.07, 6.45) is 21.2. The Balaban J connectivity index is 2.00. The second-order valence-corrected chi connectivity index (χ2v) is 26.1. The van der Waals surface area contributed by atoms with Crippen molar-refractivity contribution in [2.45, 2.75) is 218 Å². The summed E-state index contributed by atoms with van der Waals surface area (Å²) in [5.41, 5.74) is 0. The van der Waals surface area contributed by atoms with Gasteiger partial charge in [0.1, 0.15) is 0 Å². The van der Waals surface area contributed by atoms with E-state index in [9.17, 15) is 0 Å². The van der Waals surface area contributed by atoms with E-state index in [0.717, 1.165) is 44.9 Å². The smallest absolute Gasteiger partial charge is 0.192 e. The molecule has 4 nitrogen and oxygen atoms in total. The molecule has 2 rings (SSSR count). The van der Waals surface area contributed by atoms with Crippen molar-refractivity contribution >= 4 is 16.6 Å². The third-order valence-electron chi connectivity index (χ3n) is 10.9. The molecule has 0 amide bonds. The number of hydrogen-bond acceptors (Lipinski definition) is 4. The summed E-state index contributed by atoms with van der Waals surface area (Å²) in [5, 5.41) is 0.391. The molecule has 2 saturated heterocycles. The first-order valence-corrected chi connectivity index (χ1v) is 23.6. The Labute approximate surface area is 264 Å². The summed E-state index contributed by atoms with van der Waals surface area (Å²) >= 11 is 0. The molecule has 0 aromatic heterocycles. The van der Waals surface area contributed by atoms with Gasteiger partial charge in [0.25, 0.3) is 0 Å². The van der Waals surface area contributed by atoms with E-state index in [4.69, 9.17) is 18.3 Å². The summed E-state index contributed by atoms with van der Waals surface area (Å²) in [6.45, 7) is 29.8. The van der Waals surface area contributed by atoms with E-state index in [-0.39, 0.29) is 46.7 Å². The number of hydrogen-bond donors (Lipinski definition) is 0. The zero-order valence-corrected chi connectivity index (χ0v) is 32.0. The SMILES string of the molecule is C=CCC[C@@H](O[Si](C)(C)C(C)(C)C)[C@H]1CC[C@@H]([C@@H]2CC[C@@H]([C@@H](CCCCCCCCCC)O[Si](C)(C)C(C)(C)C)O2)O1. The summed E-state index contributed by atoms with van der Waals surface area (Å²) < 4.78 is 27.7. The molecule has 0 aromatic carbocycles. The molecule has 0 N–H and O–H groups in total. The van der Waals surface area contributed by atoms with Crippen LogP contribution in [0.2, 0.25) is 36.3 Å². The second-order valence-electron chi connectivity index (χ2n) is 16.5. The van der Waals surface area contributed by atoms with Crippen LogP contribution in [0.15, 0.2) is 12.7 Å². The van der Waals surface area contributed by atoms with Crippen LogP contribution in [0.1, 0.15) is 145 Å². The normalized spacial score (nSPS) is 25.6. The lowest BCUT2D eigenvalue weighted by molar-refractivity contribution is -0.106. The van der Waals surface area contributed by atoms with Crippen molar-refractivity contribution in [1.82, 2.24) is 0 Å². The van der Waals surface area contributed by atoms with Crippen molar-refractivity contribution in [1.29, 1.82) is 0 Å². The molecule has 0 aliphatic carbocycles. The van der Waals surface area contributed by atoms with Crippen LogP contribution < -0.4 is 0 Å². The highest BCUT2D eigenvalue weighted by molar-refractivity contribution is 6.74. The highest BCUT2D eigenvalue weighted by atomic mass is 28.4. The van der Waals surface area contributed by atoms with Crippen LogP contribution in [-0.2, 0) is 18.3 Å². The maximum absolute atomic E-state index is 7.10. The molecular formula is C36H72O4Si2. The molecule has 42 heavy (non-hydrogen) atoms. The summed E-state index contributed by atoms with van der Waals surface area (Å²) in [6, 6.07) is 0. The van der Waals surface area contributed by atoms with Crippen molar-refractivity contribution in [3.63, 3.8) is 0 Å². The minimum absolute atomic E-state index is 0.141. The van der Waals surface area contributed by atoms with E-state index in [1.54, 1.807) is 0 Å². The van der Waals surface area contributed by atoms with Gasteiger partial charge in [-0.2, -0.15) is 0 Å². The van der Waals surface area contributed by atoms with E-state index in [1.165, 1.54) is 51.4 Å². The molecule has 0 aromatic rings. The average molecular weight is 625 g/mol. The van der Waals surface area contributed by atoms with Gasteiger partial charge in [-0.15, -0.1) is 6.58 Å². The Morgan fingerprint density at radius 3 is 1.48 bits per heavy atom. The van der Waals surface area contributed by atoms with Gasteiger partial charge in [-0.3, -0.25) is 0 Å². The molecule has 2 fully saturated rings. The minimum Gasteiger partial charge on any atom is -0.411 e. The standard InChI is InChI=1S/C36H72O4Si2/c1-13-15-17-18-19-20-21-22-24-34(40-42(11,12)36(6,7)8)32-28-26-30(38-32)29-25-27-31(37-29)33(23-16-14-2)39-41(9,10)35(3,4)5/h14,29-34H,2,13,15-28H2,1,3-12H3/t29-,30-,31+,32-,33+,34+/m0/s1. The summed E-state index contributed by atoms with van der Waals surface area (Å²) in [7, 11) is -3.78. The molecule has 0 saturated carbocycles. The fourth-order valence-electron chi connectivity index (χ4n) is 5.99. The predicted octanol–water partition coefficient (Wildman–Crippen LogP) is 11.4. The van der Waals surface area contributed by atoms with E-state index < -0.39 is 16.6 Å². The topological polar surface area (TPSA) is 36.9 Å². The first-order valence-electron chi connectivity index (χ1n) is 17.8. The number of unbranched alkanes of at least 4 members (excludes halogenated alkanes) is 7. The molecule has 0 bridgehead atoms. The molecule has 248 valence electrons. The summed E-state index contributed by atoms with van der Waals surface area (Å²) in [4.78, 5) is 0. The van der Waals surface area contributed by atoms with Crippen LogP contribution in [0.3, 0.4) is 0 Å². The monoisotopic (exact) mass is 624 g/mol. The predicted molar refractivity (Wildman–Crippen MR) is 187 cm³/mol. The van der Waals surface area contributed by atoms with Gasteiger partial charge in [-0.05, 0) is 81.2 Å². The van der Waals surface area contributed by atoms with Gasteiger partial charge in [0.2, 0.25) is 0 Å². The highest BCUT2D eigenvalue weighted by Crippen LogP contribution is 2.42.